The Hall–Kier alpha value is -2.39. The summed E-state index contributed by atoms with van der Waals surface area (Å²) in [4.78, 5) is 14.3. The summed E-state index contributed by atoms with van der Waals surface area (Å²) in [6.45, 7) is 4.06. The minimum Gasteiger partial charge on any atom is -0.493 e. The van der Waals surface area contributed by atoms with Crippen LogP contribution in [0.15, 0.2) is 18.5 Å². The van der Waals surface area contributed by atoms with Crippen molar-refractivity contribution in [2.75, 3.05) is 27.9 Å². The Morgan fingerprint density at radius 1 is 1.25 bits per heavy atom. The van der Waals surface area contributed by atoms with Crippen LogP contribution < -0.4 is 9.47 Å². The number of nitrogens with zero attached hydrogens (tertiary/aromatic N) is 4. The van der Waals surface area contributed by atoms with Gasteiger partial charge in [-0.1, -0.05) is 0 Å². The second-order valence-corrected chi connectivity index (χ2v) is 6.97. The van der Waals surface area contributed by atoms with Gasteiger partial charge in [0.15, 0.2) is 16.3 Å². The molecule has 1 aliphatic rings. The van der Waals surface area contributed by atoms with Crippen molar-refractivity contribution in [3.8, 4) is 11.5 Å². The fraction of sp³-hybridized carbons (Fsp3) is 0.526. The lowest BCUT2D eigenvalue weighted by Crippen LogP contribution is -2.38. The average Bonchev–Trinajstić information content (AvgIpc) is 3.07. The van der Waals surface area contributed by atoms with Crippen LogP contribution in [-0.2, 0) is 29.2 Å². The van der Waals surface area contributed by atoms with Crippen LogP contribution in [0, 0.1) is 4.77 Å². The Bertz CT molecular complexity index is 908. The summed E-state index contributed by atoms with van der Waals surface area (Å²) in [5.74, 6) is 1.07. The van der Waals surface area contributed by atoms with Crippen LogP contribution in [0.5, 0.6) is 11.5 Å². The number of methoxy groups -OCH3 is 3. The zero-order valence-electron chi connectivity index (χ0n) is 16.7. The quantitative estimate of drug-likeness (QED) is 0.517. The SMILES string of the molecule is CCn1cnn(CN2CCc3cc(OC)c(OC)cc3[C@@H]2CC(=O)OC)c1=S. The summed E-state index contributed by atoms with van der Waals surface area (Å²) < 4.78 is 20.2. The van der Waals surface area contributed by atoms with Gasteiger partial charge in [-0.3, -0.25) is 9.69 Å². The van der Waals surface area contributed by atoms with E-state index in [9.17, 15) is 4.79 Å². The molecule has 0 N–H and O–H groups in total. The number of carbonyl (C=O) groups is 1. The number of hydrogen-bond donors (Lipinski definition) is 0. The Labute approximate surface area is 169 Å². The smallest absolute Gasteiger partial charge is 0.307 e. The fourth-order valence-corrected chi connectivity index (χ4v) is 3.87. The van der Waals surface area contributed by atoms with Gasteiger partial charge in [-0.15, -0.1) is 0 Å². The molecule has 9 heteroatoms. The minimum atomic E-state index is -0.264. The highest BCUT2D eigenvalue weighted by molar-refractivity contribution is 7.71. The summed E-state index contributed by atoms with van der Waals surface area (Å²) >= 11 is 5.50. The van der Waals surface area contributed by atoms with Crippen LogP contribution in [0.3, 0.4) is 0 Å². The number of ether oxygens (including phenoxy) is 3. The van der Waals surface area contributed by atoms with E-state index in [-0.39, 0.29) is 18.4 Å². The molecule has 0 saturated heterocycles. The molecule has 0 radical (unpaired) electrons. The number of fused-ring (bicyclic) bond motifs is 1. The average molecular weight is 407 g/mol. The Morgan fingerprint density at radius 3 is 2.57 bits per heavy atom. The first kappa shape index (κ1) is 20.3. The van der Waals surface area contributed by atoms with Gasteiger partial charge in [0.2, 0.25) is 0 Å². The van der Waals surface area contributed by atoms with Crippen molar-refractivity contribution in [3.05, 3.63) is 34.4 Å². The molecule has 2 aromatic rings. The zero-order valence-corrected chi connectivity index (χ0v) is 17.5. The number of aromatic nitrogens is 3. The number of aryl methyl sites for hydroxylation is 1. The lowest BCUT2D eigenvalue weighted by molar-refractivity contribution is -0.142. The molecule has 0 bridgehead atoms. The topological polar surface area (TPSA) is 70.8 Å². The van der Waals surface area contributed by atoms with E-state index < -0.39 is 0 Å². The molecule has 0 saturated carbocycles. The molecular formula is C19H26N4O4S. The zero-order chi connectivity index (χ0) is 20.3. The van der Waals surface area contributed by atoms with Crippen molar-refractivity contribution in [2.24, 2.45) is 0 Å². The third-order valence-electron chi connectivity index (χ3n) is 5.15. The van der Waals surface area contributed by atoms with Crippen molar-refractivity contribution in [2.45, 2.75) is 39.0 Å². The number of hydrogen-bond acceptors (Lipinski definition) is 7. The molecule has 1 atom stereocenters. The third-order valence-corrected chi connectivity index (χ3v) is 5.60. The maximum atomic E-state index is 12.1. The van der Waals surface area contributed by atoms with E-state index in [1.54, 1.807) is 25.2 Å². The van der Waals surface area contributed by atoms with Crippen LogP contribution in [0.2, 0.25) is 0 Å². The summed E-state index contributed by atoms with van der Waals surface area (Å²) in [5.41, 5.74) is 2.18. The maximum Gasteiger partial charge on any atom is 0.307 e. The molecule has 0 aliphatic carbocycles. The summed E-state index contributed by atoms with van der Waals surface area (Å²) in [7, 11) is 4.64. The Morgan fingerprint density at radius 2 is 1.96 bits per heavy atom. The highest BCUT2D eigenvalue weighted by atomic mass is 32.1. The second kappa shape index (κ2) is 8.74. The van der Waals surface area contributed by atoms with Gasteiger partial charge < -0.3 is 18.8 Å². The number of esters is 1. The molecule has 0 spiro atoms. The molecule has 0 unspecified atom stereocenters. The first-order valence-corrected chi connectivity index (χ1v) is 9.61. The summed E-state index contributed by atoms with van der Waals surface area (Å²) in [5, 5.41) is 4.40. The highest BCUT2D eigenvalue weighted by Gasteiger charge is 2.31. The molecule has 0 amide bonds. The van der Waals surface area contributed by atoms with Crippen LogP contribution in [-0.4, -0.2) is 53.1 Å². The maximum absolute atomic E-state index is 12.1. The first-order chi connectivity index (χ1) is 13.5. The Kier molecular flexibility index (Phi) is 6.35. The van der Waals surface area contributed by atoms with Crippen LogP contribution in [0.1, 0.15) is 30.5 Å². The molecule has 3 rings (SSSR count). The van der Waals surface area contributed by atoms with E-state index in [1.807, 2.05) is 23.6 Å². The fourth-order valence-electron chi connectivity index (χ4n) is 3.59. The van der Waals surface area contributed by atoms with E-state index >= 15 is 0 Å². The second-order valence-electron chi connectivity index (χ2n) is 6.60. The third kappa shape index (κ3) is 3.90. The van der Waals surface area contributed by atoms with Crippen molar-refractivity contribution in [3.63, 3.8) is 0 Å². The molecular weight excluding hydrogens is 380 g/mol. The lowest BCUT2D eigenvalue weighted by atomic mass is 9.90. The molecule has 1 aromatic carbocycles. The molecule has 1 aliphatic heterocycles. The van der Waals surface area contributed by atoms with Gasteiger partial charge in [0.05, 0.1) is 34.4 Å². The highest BCUT2D eigenvalue weighted by Crippen LogP contribution is 2.39. The monoisotopic (exact) mass is 406 g/mol. The molecule has 152 valence electrons. The molecule has 8 nitrogen and oxygen atoms in total. The standard InChI is InChI=1S/C19H26N4O4S/c1-5-21-11-20-23(19(21)28)12-22-7-6-13-8-16(25-2)17(26-3)9-14(13)15(22)10-18(24)27-4/h8-9,11,15H,5-7,10,12H2,1-4H3/t15-/m0/s1. The van der Waals surface area contributed by atoms with Crippen LogP contribution in [0.4, 0.5) is 0 Å². The largest absolute Gasteiger partial charge is 0.493 e. The van der Waals surface area contributed by atoms with Crippen molar-refractivity contribution >= 4 is 18.2 Å². The van der Waals surface area contributed by atoms with Crippen molar-refractivity contribution in [1.82, 2.24) is 19.2 Å². The van der Waals surface area contributed by atoms with Gasteiger partial charge in [-0.05, 0) is 48.8 Å². The predicted molar refractivity (Wildman–Crippen MR) is 106 cm³/mol. The van der Waals surface area contributed by atoms with E-state index in [1.165, 1.54) is 7.11 Å². The van der Waals surface area contributed by atoms with Gasteiger partial charge in [-0.25, -0.2) is 4.68 Å². The normalized spacial score (nSPS) is 16.5. The van der Waals surface area contributed by atoms with Gasteiger partial charge >= 0.3 is 5.97 Å². The summed E-state index contributed by atoms with van der Waals surface area (Å²) in [6, 6.07) is 3.79. The summed E-state index contributed by atoms with van der Waals surface area (Å²) in [6.07, 6.45) is 2.80. The molecule has 0 fully saturated rings. The minimum absolute atomic E-state index is 0.162. The molecule has 28 heavy (non-hydrogen) atoms. The van der Waals surface area contributed by atoms with E-state index in [4.69, 9.17) is 26.4 Å². The first-order valence-electron chi connectivity index (χ1n) is 9.20. The van der Waals surface area contributed by atoms with Gasteiger partial charge in [0, 0.05) is 19.1 Å². The van der Waals surface area contributed by atoms with Crippen LogP contribution >= 0.6 is 12.2 Å². The Balaban J connectivity index is 1.98. The molecule has 1 aromatic heterocycles. The van der Waals surface area contributed by atoms with E-state index in [0.717, 1.165) is 30.6 Å². The van der Waals surface area contributed by atoms with Gasteiger partial charge in [-0.2, -0.15) is 5.10 Å². The van der Waals surface area contributed by atoms with E-state index in [2.05, 4.69) is 10.00 Å². The lowest BCUT2D eigenvalue weighted by Gasteiger charge is -2.37. The molecule has 2 heterocycles. The predicted octanol–water partition coefficient (Wildman–Crippen LogP) is 2.57. The van der Waals surface area contributed by atoms with Crippen LogP contribution in [0.25, 0.3) is 0 Å². The number of rotatable bonds is 7. The van der Waals surface area contributed by atoms with Gasteiger partial charge in [0.25, 0.3) is 0 Å². The number of carbonyl (C=O) groups excluding carboxylic acids is 1. The number of benzene rings is 1. The van der Waals surface area contributed by atoms with E-state index in [0.29, 0.717) is 22.9 Å². The van der Waals surface area contributed by atoms with Crippen molar-refractivity contribution in [1.29, 1.82) is 0 Å². The van der Waals surface area contributed by atoms with Gasteiger partial charge in [0.1, 0.15) is 6.33 Å². The van der Waals surface area contributed by atoms with Crippen molar-refractivity contribution < 1.29 is 19.0 Å².